The van der Waals surface area contributed by atoms with E-state index in [4.69, 9.17) is 15.6 Å². The second-order valence-corrected chi connectivity index (χ2v) is 2.44. The van der Waals surface area contributed by atoms with Gasteiger partial charge in [0.05, 0.1) is 19.3 Å². The number of amides is 1. The van der Waals surface area contributed by atoms with Crippen LogP contribution in [0.5, 0.6) is 0 Å². The normalized spacial score (nSPS) is 25.2. The molecule has 0 spiro atoms. The number of nitrogens with two attached hydrogens (primary N) is 1. The fourth-order valence-electron chi connectivity index (χ4n) is 1.10. The van der Waals surface area contributed by atoms with Crippen LogP contribution in [0.2, 0.25) is 0 Å². The summed E-state index contributed by atoms with van der Waals surface area (Å²) in [6.45, 7) is 1.65. The summed E-state index contributed by atoms with van der Waals surface area (Å²) in [6.07, 6.45) is -0.913. The molecule has 0 radical (unpaired) electrons. The number of rotatable bonds is 1. The van der Waals surface area contributed by atoms with Crippen molar-refractivity contribution in [2.24, 2.45) is 5.73 Å². The summed E-state index contributed by atoms with van der Waals surface area (Å²) in [5, 5.41) is 8.65. The molecule has 1 heterocycles. The minimum atomic E-state index is -0.913. The van der Waals surface area contributed by atoms with Gasteiger partial charge in [0.25, 0.3) is 0 Å². The minimum absolute atomic E-state index is 0.166. The van der Waals surface area contributed by atoms with Crippen LogP contribution in [0.3, 0.4) is 0 Å². The van der Waals surface area contributed by atoms with Gasteiger partial charge in [-0.25, -0.2) is 4.79 Å². The van der Waals surface area contributed by atoms with Crippen molar-refractivity contribution in [3.63, 3.8) is 0 Å². The van der Waals surface area contributed by atoms with Crippen LogP contribution in [0.4, 0.5) is 4.79 Å². The van der Waals surface area contributed by atoms with E-state index in [-0.39, 0.29) is 6.04 Å². The Balaban J connectivity index is 2.51. The van der Waals surface area contributed by atoms with Gasteiger partial charge in [-0.05, 0) is 0 Å². The fraction of sp³-hybridized carbons (Fsp3) is 0.833. The van der Waals surface area contributed by atoms with Crippen molar-refractivity contribution in [1.82, 2.24) is 4.90 Å². The average molecular weight is 160 g/mol. The van der Waals surface area contributed by atoms with Gasteiger partial charge in [0.15, 0.2) is 0 Å². The molecule has 5 heteroatoms. The smallest absolute Gasteiger partial charge is 0.407 e. The second kappa shape index (κ2) is 3.54. The molecule has 3 N–H and O–H groups in total. The van der Waals surface area contributed by atoms with Crippen molar-refractivity contribution in [2.45, 2.75) is 6.04 Å². The zero-order valence-corrected chi connectivity index (χ0v) is 6.19. The van der Waals surface area contributed by atoms with Crippen LogP contribution in [0, 0.1) is 0 Å². The summed E-state index contributed by atoms with van der Waals surface area (Å²) in [7, 11) is 0. The van der Waals surface area contributed by atoms with Gasteiger partial charge in [-0.2, -0.15) is 0 Å². The molecule has 11 heavy (non-hydrogen) atoms. The highest BCUT2D eigenvalue weighted by Gasteiger charge is 2.25. The summed E-state index contributed by atoms with van der Waals surface area (Å²) in [5.74, 6) is 0. The van der Waals surface area contributed by atoms with Crippen molar-refractivity contribution in [1.29, 1.82) is 0 Å². The van der Waals surface area contributed by atoms with E-state index in [1.54, 1.807) is 0 Å². The number of hydrogen-bond acceptors (Lipinski definition) is 3. The third-order valence-electron chi connectivity index (χ3n) is 1.75. The molecule has 0 aliphatic carbocycles. The SMILES string of the molecule is NC[C@H]1COCCN1C(=O)O. The lowest BCUT2D eigenvalue weighted by Gasteiger charge is -2.32. The lowest BCUT2D eigenvalue weighted by atomic mass is 10.2. The van der Waals surface area contributed by atoms with E-state index in [9.17, 15) is 4.79 Å². The van der Waals surface area contributed by atoms with Gasteiger partial charge in [0.2, 0.25) is 0 Å². The van der Waals surface area contributed by atoms with Crippen LogP contribution in [0.25, 0.3) is 0 Å². The highest BCUT2D eigenvalue weighted by atomic mass is 16.5. The molecule has 5 nitrogen and oxygen atoms in total. The zero-order chi connectivity index (χ0) is 8.27. The van der Waals surface area contributed by atoms with Crippen LogP contribution in [-0.4, -0.2) is 48.4 Å². The van der Waals surface area contributed by atoms with Gasteiger partial charge in [-0.15, -0.1) is 0 Å². The van der Waals surface area contributed by atoms with Crippen molar-refractivity contribution >= 4 is 6.09 Å². The molecule has 1 atom stereocenters. The number of ether oxygens (including phenoxy) is 1. The van der Waals surface area contributed by atoms with E-state index in [0.29, 0.717) is 26.3 Å². The lowest BCUT2D eigenvalue weighted by Crippen LogP contribution is -2.51. The Labute approximate surface area is 64.7 Å². The molecule has 64 valence electrons. The first-order valence-corrected chi connectivity index (χ1v) is 3.53. The standard InChI is InChI=1S/C6H12N2O3/c7-3-5-4-11-2-1-8(5)6(9)10/h5H,1-4,7H2,(H,9,10)/t5-/m0/s1. The molecule has 0 bridgehead atoms. The van der Waals surface area contributed by atoms with Crippen molar-refractivity contribution in [3.8, 4) is 0 Å². The first kappa shape index (κ1) is 8.29. The highest BCUT2D eigenvalue weighted by molar-refractivity contribution is 5.65. The molecule has 0 aromatic carbocycles. The predicted molar refractivity (Wildman–Crippen MR) is 38.4 cm³/mol. The third kappa shape index (κ3) is 1.81. The Bertz CT molecular complexity index is 151. The molecule has 1 fully saturated rings. The maximum absolute atomic E-state index is 10.5. The first-order valence-electron chi connectivity index (χ1n) is 3.53. The molecule has 1 aliphatic heterocycles. The summed E-state index contributed by atoms with van der Waals surface area (Å²) < 4.78 is 5.07. The van der Waals surface area contributed by atoms with Gasteiger partial charge in [-0.1, -0.05) is 0 Å². The largest absolute Gasteiger partial charge is 0.465 e. The third-order valence-corrected chi connectivity index (χ3v) is 1.75. The summed E-state index contributed by atoms with van der Waals surface area (Å²) in [4.78, 5) is 11.9. The maximum Gasteiger partial charge on any atom is 0.407 e. The zero-order valence-electron chi connectivity index (χ0n) is 6.19. The van der Waals surface area contributed by atoms with Crippen LogP contribution in [-0.2, 0) is 4.74 Å². The van der Waals surface area contributed by atoms with Gasteiger partial charge in [0.1, 0.15) is 0 Å². The number of morpholine rings is 1. The number of nitrogens with zero attached hydrogens (tertiary/aromatic N) is 1. The van der Waals surface area contributed by atoms with E-state index in [0.717, 1.165) is 0 Å². The molecule has 0 aromatic rings. The van der Waals surface area contributed by atoms with Crippen molar-refractivity contribution < 1.29 is 14.6 Å². The Morgan fingerprint density at radius 3 is 3.00 bits per heavy atom. The van der Waals surface area contributed by atoms with Gasteiger partial charge < -0.3 is 15.6 Å². The Hall–Kier alpha value is -0.810. The van der Waals surface area contributed by atoms with Gasteiger partial charge in [0, 0.05) is 13.1 Å². The van der Waals surface area contributed by atoms with Crippen LogP contribution >= 0.6 is 0 Å². The van der Waals surface area contributed by atoms with E-state index in [2.05, 4.69) is 0 Å². The average Bonchev–Trinajstić information content (AvgIpc) is 2.04. The minimum Gasteiger partial charge on any atom is -0.465 e. The molecular formula is C6H12N2O3. The molecule has 0 aromatic heterocycles. The predicted octanol–water partition coefficient (Wildman–Crippen LogP) is -0.676. The number of hydrogen-bond donors (Lipinski definition) is 2. The summed E-state index contributed by atoms with van der Waals surface area (Å²) in [5.41, 5.74) is 5.35. The Kier molecular flexibility index (Phi) is 2.67. The molecule has 1 rings (SSSR count). The van der Waals surface area contributed by atoms with Gasteiger partial charge >= 0.3 is 6.09 Å². The number of carboxylic acid groups (broad SMARTS) is 1. The van der Waals surface area contributed by atoms with Crippen molar-refractivity contribution in [2.75, 3.05) is 26.3 Å². The van der Waals surface area contributed by atoms with E-state index in [1.807, 2.05) is 0 Å². The van der Waals surface area contributed by atoms with E-state index >= 15 is 0 Å². The first-order chi connectivity index (χ1) is 5.25. The quantitative estimate of drug-likeness (QED) is 0.533. The van der Waals surface area contributed by atoms with Crippen LogP contribution in [0.1, 0.15) is 0 Å². The van der Waals surface area contributed by atoms with Crippen LogP contribution in [0.15, 0.2) is 0 Å². The monoisotopic (exact) mass is 160 g/mol. The van der Waals surface area contributed by atoms with Crippen molar-refractivity contribution in [3.05, 3.63) is 0 Å². The molecular weight excluding hydrogens is 148 g/mol. The van der Waals surface area contributed by atoms with Gasteiger partial charge in [-0.3, -0.25) is 4.90 Å². The maximum atomic E-state index is 10.5. The molecule has 0 unspecified atom stereocenters. The van der Waals surface area contributed by atoms with Crippen LogP contribution < -0.4 is 5.73 Å². The fourth-order valence-corrected chi connectivity index (χ4v) is 1.10. The lowest BCUT2D eigenvalue weighted by molar-refractivity contribution is 0.00314. The number of carbonyl (C=O) groups is 1. The molecule has 0 saturated carbocycles. The molecule has 1 aliphatic rings. The topological polar surface area (TPSA) is 75.8 Å². The Morgan fingerprint density at radius 1 is 1.82 bits per heavy atom. The summed E-state index contributed by atoms with van der Waals surface area (Å²) in [6, 6.07) is -0.166. The van der Waals surface area contributed by atoms with E-state index < -0.39 is 6.09 Å². The summed E-state index contributed by atoms with van der Waals surface area (Å²) >= 11 is 0. The highest BCUT2D eigenvalue weighted by Crippen LogP contribution is 2.04. The molecule has 1 saturated heterocycles. The Morgan fingerprint density at radius 2 is 2.55 bits per heavy atom. The van der Waals surface area contributed by atoms with E-state index in [1.165, 1.54) is 4.90 Å². The molecule has 1 amide bonds. The second-order valence-electron chi connectivity index (χ2n) is 2.44.